The van der Waals surface area contributed by atoms with Gasteiger partial charge in [-0.1, -0.05) is 30.3 Å². The van der Waals surface area contributed by atoms with Gasteiger partial charge in [-0.15, -0.1) is 0 Å². The third-order valence-electron chi connectivity index (χ3n) is 6.33. The Labute approximate surface area is 235 Å². The lowest BCUT2D eigenvalue weighted by molar-refractivity contribution is -0.139. The van der Waals surface area contributed by atoms with E-state index in [1.165, 1.54) is 36.0 Å². The fraction of sp³-hybridized carbons (Fsp3) is 0.233. The third-order valence-corrected chi connectivity index (χ3v) is 6.97. The number of halogens is 2. The SMILES string of the molecule is CSCC[C@H](NC(=O)c1ccc(C(OCCn2ccnc2)c2ccc(F)cc2)cc1-c1ccc(F)cc1)C(=O)O. The average Bonchev–Trinajstić information content (AvgIpc) is 3.47. The number of aliphatic carboxylic acids is 1. The van der Waals surface area contributed by atoms with E-state index in [-0.39, 0.29) is 17.8 Å². The van der Waals surface area contributed by atoms with E-state index in [1.54, 1.807) is 55.0 Å². The Morgan fingerprint density at radius 2 is 1.70 bits per heavy atom. The normalized spacial score (nSPS) is 12.6. The predicted molar refractivity (Wildman–Crippen MR) is 150 cm³/mol. The predicted octanol–water partition coefficient (Wildman–Crippen LogP) is 5.57. The summed E-state index contributed by atoms with van der Waals surface area (Å²) in [6, 6.07) is 15.7. The zero-order valence-electron chi connectivity index (χ0n) is 21.8. The second-order valence-electron chi connectivity index (χ2n) is 9.06. The highest BCUT2D eigenvalue weighted by Crippen LogP contribution is 2.32. The molecule has 0 fully saturated rings. The highest BCUT2D eigenvalue weighted by molar-refractivity contribution is 7.98. The van der Waals surface area contributed by atoms with Crippen LogP contribution in [0.15, 0.2) is 85.5 Å². The van der Waals surface area contributed by atoms with Crippen LogP contribution in [0.25, 0.3) is 11.1 Å². The number of carbonyl (C=O) groups is 2. The van der Waals surface area contributed by atoms with Gasteiger partial charge >= 0.3 is 5.97 Å². The number of carboxylic acid groups (broad SMARTS) is 1. The molecule has 208 valence electrons. The van der Waals surface area contributed by atoms with Crippen LogP contribution in [0.4, 0.5) is 8.78 Å². The van der Waals surface area contributed by atoms with Gasteiger partial charge in [-0.2, -0.15) is 11.8 Å². The molecular weight excluding hydrogens is 536 g/mol. The molecule has 40 heavy (non-hydrogen) atoms. The van der Waals surface area contributed by atoms with Crippen molar-refractivity contribution in [2.24, 2.45) is 0 Å². The van der Waals surface area contributed by atoms with Crippen molar-refractivity contribution >= 4 is 23.6 Å². The molecule has 4 rings (SSSR count). The molecule has 0 spiro atoms. The molecule has 1 amide bonds. The molecule has 4 aromatic rings. The van der Waals surface area contributed by atoms with Crippen molar-refractivity contribution in [1.29, 1.82) is 0 Å². The van der Waals surface area contributed by atoms with E-state index in [9.17, 15) is 23.5 Å². The quantitative estimate of drug-likeness (QED) is 0.220. The first-order valence-electron chi connectivity index (χ1n) is 12.6. The van der Waals surface area contributed by atoms with Gasteiger partial charge in [0.1, 0.15) is 23.8 Å². The van der Waals surface area contributed by atoms with E-state index < -0.39 is 29.8 Å². The summed E-state index contributed by atoms with van der Waals surface area (Å²) in [5.74, 6) is -1.92. The van der Waals surface area contributed by atoms with Crippen molar-refractivity contribution in [3.05, 3.63) is 114 Å². The lowest BCUT2D eigenvalue weighted by Crippen LogP contribution is -2.41. The smallest absolute Gasteiger partial charge is 0.326 e. The van der Waals surface area contributed by atoms with E-state index in [2.05, 4.69) is 10.3 Å². The van der Waals surface area contributed by atoms with Crippen molar-refractivity contribution in [3.63, 3.8) is 0 Å². The second kappa shape index (κ2) is 13.9. The minimum absolute atomic E-state index is 0.238. The van der Waals surface area contributed by atoms with Gasteiger partial charge in [0.2, 0.25) is 0 Å². The van der Waals surface area contributed by atoms with Gasteiger partial charge in [-0.25, -0.2) is 18.6 Å². The molecular formula is C30H29F2N3O4S. The first-order valence-corrected chi connectivity index (χ1v) is 14.0. The van der Waals surface area contributed by atoms with Crippen LogP contribution < -0.4 is 5.32 Å². The largest absolute Gasteiger partial charge is 0.480 e. The van der Waals surface area contributed by atoms with Gasteiger partial charge in [0.15, 0.2) is 0 Å². The number of hydrogen-bond donors (Lipinski definition) is 2. The van der Waals surface area contributed by atoms with Crippen LogP contribution in [0.3, 0.4) is 0 Å². The van der Waals surface area contributed by atoms with Gasteiger partial charge in [0.25, 0.3) is 5.91 Å². The molecule has 1 aromatic heterocycles. The van der Waals surface area contributed by atoms with Gasteiger partial charge in [0.05, 0.1) is 12.9 Å². The van der Waals surface area contributed by atoms with Crippen LogP contribution in [-0.4, -0.2) is 51.2 Å². The van der Waals surface area contributed by atoms with Crippen LogP contribution in [0, 0.1) is 11.6 Å². The molecule has 3 aromatic carbocycles. The van der Waals surface area contributed by atoms with Crippen LogP contribution in [-0.2, 0) is 16.1 Å². The highest BCUT2D eigenvalue weighted by Gasteiger charge is 2.24. The van der Waals surface area contributed by atoms with Crippen LogP contribution in [0.5, 0.6) is 0 Å². The molecule has 2 N–H and O–H groups in total. The number of nitrogens with zero attached hydrogens (tertiary/aromatic N) is 2. The summed E-state index contributed by atoms with van der Waals surface area (Å²) in [4.78, 5) is 29.1. The number of nitrogens with one attached hydrogen (secondary N) is 1. The number of carboxylic acids is 1. The molecule has 0 aliphatic rings. The molecule has 0 saturated carbocycles. The van der Waals surface area contributed by atoms with Crippen molar-refractivity contribution in [1.82, 2.24) is 14.9 Å². The fourth-order valence-corrected chi connectivity index (χ4v) is 4.71. The number of carbonyl (C=O) groups excluding carboxylic acids is 1. The first kappa shape index (κ1) is 29.0. The number of imidazole rings is 1. The Kier molecular flexibility index (Phi) is 10.0. The maximum Gasteiger partial charge on any atom is 0.326 e. The van der Waals surface area contributed by atoms with Crippen molar-refractivity contribution in [2.45, 2.75) is 25.1 Å². The Morgan fingerprint density at radius 3 is 2.33 bits per heavy atom. The summed E-state index contributed by atoms with van der Waals surface area (Å²) in [6.45, 7) is 0.859. The lowest BCUT2D eigenvalue weighted by atomic mass is 9.92. The number of amides is 1. The fourth-order valence-electron chi connectivity index (χ4n) is 4.24. The van der Waals surface area contributed by atoms with E-state index in [0.717, 1.165) is 0 Å². The molecule has 0 saturated heterocycles. The minimum Gasteiger partial charge on any atom is -0.480 e. The topological polar surface area (TPSA) is 93.5 Å². The Balaban J connectivity index is 1.71. The standard InChI is InChI=1S/C30H29F2N3O4S/c1-40-17-12-27(30(37)38)34-29(36)25-11-6-22(18-26(25)20-2-7-23(31)8-3-20)28(21-4-9-24(32)10-5-21)39-16-15-35-14-13-33-19-35/h2-11,13-14,18-19,27-28H,12,15-17H2,1H3,(H,34,36)(H,37,38)/t27-,28?/m0/s1. The van der Waals surface area contributed by atoms with Crippen LogP contribution in [0.1, 0.15) is 34.0 Å². The van der Waals surface area contributed by atoms with Gasteiger partial charge in [-0.3, -0.25) is 4.79 Å². The van der Waals surface area contributed by atoms with E-state index >= 15 is 0 Å². The van der Waals surface area contributed by atoms with Crippen molar-refractivity contribution < 1.29 is 28.2 Å². The van der Waals surface area contributed by atoms with Gasteiger partial charge < -0.3 is 19.7 Å². The summed E-state index contributed by atoms with van der Waals surface area (Å²) in [6.07, 6.45) is 6.70. The van der Waals surface area contributed by atoms with E-state index in [4.69, 9.17) is 4.74 Å². The first-order chi connectivity index (χ1) is 19.4. The summed E-state index contributed by atoms with van der Waals surface area (Å²) in [5, 5.41) is 12.2. The van der Waals surface area contributed by atoms with E-state index in [1.807, 2.05) is 17.0 Å². The maximum atomic E-state index is 13.8. The van der Waals surface area contributed by atoms with Crippen LogP contribution >= 0.6 is 11.8 Å². The van der Waals surface area contributed by atoms with Gasteiger partial charge in [-0.05, 0) is 77.1 Å². The molecule has 0 aliphatic carbocycles. The highest BCUT2D eigenvalue weighted by atomic mass is 32.2. The number of hydrogen-bond acceptors (Lipinski definition) is 5. The van der Waals surface area contributed by atoms with Crippen LogP contribution in [0.2, 0.25) is 0 Å². The van der Waals surface area contributed by atoms with Crippen molar-refractivity contribution in [2.75, 3.05) is 18.6 Å². The van der Waals surface area contributed by atoms with Gasteiger partial charge in [0, 0.05) is 24.5 Å². The second-order valence-corrected chi connectivity index (χ2v) is 10.0. The molecule has 0 radical (unpaired) electrons. The molecule has 2 atom stereocenters. The average molecular weight is 566 g/mol. The molecule has 1 heterocycles. The summed E-state index contributed by atoms with van der Waals surface area (Å²) >= 11 is 1.49. The molecule has 7 nitrogen and oxygen atoms in total. The third kappa shape index (κ3) is 7.55. The monoisotopic (exact) mass is 565 g/mol. The number of aromatic nitrogens is 2. The number of rotatable bonds is 13. The number of ether oxygens (including phenoxy) is 1. The minimum atomic E-state index is -1.12. The summed E-state index contributed by atoms with van der Waals surface area (Å²) in [7, 11) is 0. The van der Waals surface area contributed by atoms with Crippen molar-refractivity contribution in [3.8, 4) is 11.1 Å². The zero-order valence-corrected chi connectivity index (χ0v) is 22.6. The Bertz CT molecular complexity index is 1410. The molecule has 0 bridgehead atoms. The number of thioether (sulfide) groups is 1. The number of benzene rings is 3. The lowest BCUT2D eigenvalue weighted by Gasteiger charge is -2.22. The maximum absolute atomic E-state index is 13.8. The summed E-state index contributed by atoms with van der Waals surface area (Å²) < 4.78 is 35.6. The molecule has 0 aliphatic heterocycles. The van der Waals surface area contributed by atoms with E-state index in [0.29, 0.717) is 41.2 Å². The Hall–Kier alpha value is -4.02. The zero-order chi connectivity index (χ0) is 28.5. The molecule has 10 heteroatoms. The molecule has 1 unspecified atom stereocenters. The Morgan fingerprint density at radius 1 is 1.02 bits per heavy atom. The summed E-state index contributed by atoms with van der Waals surface area (Å²) in [5.41, 5.74) is 2.68.